The first-order valence-electron chi connectivity index (χ1n) is 11.6. The van der Waals surface area contributed by atoms with E-state index in [9.17, 15) is 9.59 Å². The van der Waals surface area contributed by atoms with Crippen molar-refractivity contribution in [3.8, 4) is 0 Å². The Morgan fingerprint density at radius 3 is 2.36 bits per heavy atom. The number of aryl methyl sites for hydroxylation is 1. The van der Waals surface area contributed by atoms with E-state index in [2.05, 4.69) is 30.8 Å². The van der Waals surface area contributed by atoms with E-state index in [1.54, 1.807) is 22.9 Å². The number of hydrogen-bond donors (Lipinski definition) is 2. The number of aromatic nitrogens is 4. The molecule has 0 aliphatic carbocycles. The summed E-state index contributed by atoms with van der Waals surface area (Å²) < 4.78 is 1.78. The van der Waals surface area contributed by atoms with E-state index in [1.807, 2.05) is 54.4 Å². The lowest BCUT2D eigenvalue weighted by atomic mass is 10.2. The number of nitrogens with one attached hydrogen (secondary N) is 2. The number of carbonyl (C=O) groups excluding carboxylic acids is 2. The Morgan fingerprint density at radius 1 is 0.944 bits per heavy atom. The highest BCUT2D eigenvalue weighted by Crippen LogP contribution is 2.27. The van der Waals surface area contributed by atoms with Gasteiger partial charge in [0.1, 0.15) is 6.33 Å². The van der Waals surface area contributed by atoms with E-state index in [1.165, 1.54) is 18.7 Å². The van der Waals surface area contributed by atoms with Crippen LogP contribution < -0.4 is 20.9 Å². The van der Waals surface area contributed by atoms with Gasteiger partial charge in [0, 0.05) is 63.6 Å². The molecule has 0 spiro atoms. The molecule has 1 aliphatic rings. The molecule has 2 N–H and O–H groups in total. The zero-order valence-corrected chi connectivity index (χ0v) is 20.1. The number of amides is 2. The van der Waals surface area contributed by atoms with Crippen molar-refractivity contribution in [3.63, 3.8) is 0 Å². The van der Waals surface area contributed by atoms with Gasteiger partial charge in [-0.2, -0.15) is 10.2 Å². The molecule has 1 fully saturated rings. The summed E-state index contributed by atoms with van der Waals surface area (Å²) in [5.41, 5.74) is 10.1. The van der Waals surface area contributed by atoms with Crippen LogP contribution in [0.1, 0.15) is 17.3 Å². The van der Waals surface area contributed by atoms with Gasteiger partial charge in [0.15, 0.2) is 0 Å². The van der Waals surface area contributed by atoms with Crippen LogP contribution in [0.5, 0.6) is 0 Å². The number of anilines is 3. The molecule has 36 heavy (non-hydrogen) atoms. The average molecular weight is 486 g/mol. The summed E-state index contributed by atoms with van der Waals surface area (Å²) in [6.45, 7) is 4.62. The molecular weight excluding hydrogens is 458 g/mol. The number of fused-ring (bicyclic) bond motifs is 1. The van der Waals surface area contributed by atoms with Gasteiger partial charge >= 0.3 is 0 Å². The Bertz CT molecular complexity index is 1360. The molecule has 5 rings (SSSR count). The predicted octanol–water partition coefficient (Wildman–Crippen LogP) is 2.21. The molecule has 4 aromatic rings. The number of hydrogen-bond acceptors (Lipinski definition) is 8. The standard InChI is InChI=1S/C25H27N9O2/c1-18(35)32-10-12-33(13-11-32)21-8-6-20(7-9-21)29-34(30-25(36)19-14-26-17-27-15-19)24-5-3-4-23-22(24)16-28-31(23)2/h3-9,14-17,29H,10-13H2,1-2H3,(H,30,36). The lowest BCUT2D eigenvalue weighted by molar-refractivity contribution is -0.129. The summed E-state index contributed by atoms with van der Waals surface area (Å²) in [6.07, 6.45) is 6.07. The van der Waals surface area contributed by atoms with Crippen LogP contribution >= 0.6 is 0 Å². The van der Waals surface area contributed by atoms with Crippen molar-refractivity contribution in [2.24, 2.45) is 7.05 Å². The molecule has 2 amide bonds. The minimum absolute atomic E-state index is 0.113. The summed E-state index contributed by atoms with van der Waals surface area (Å²) in [5.74, 6) is -0.244. The number of piperazine rings is 1. The Morgan fingerprint density at radius 2 is 1.67 bits per heavy atom. The molecule has 11 nitrogen and oxygen atoms in total. The molecule has 11 heteroatoms. The molecule has 3 heterocycles. The van der Waals surface area contributed by atoms with Crippen LogP contribution in [0.4, 0.5) is 17.1 Å². The van der Waals surface area contributed by atoms with Gasteiger partial charge < -0.3 is 9.80 Å². The van der Waals surface area contributed by atoms with Crippen LogP contribution in [0.15, 0.2) is 67.4 Å². The molecular formula is C25H27N9O2. The normalized spacial score (nSPS) is 13.5. The van der Waals surface area contributed by atoms with E-state index >= 15 is 0 Å². The van der Waals surface area contributed by atoms with Crippen LogP contribution in [0, 0.1) is 0 Å². The fourth-order valence-corrected chi connectivity index (χ4v) is 4.24. The highest BCUT2D eigenvalue weighted by atomic mass is 16.2. The molecule has 2 aromatic heterocycles. The zero-order valence-electron chi connectivity index (χ0n) is 20.1. The molecule has 0 atom stereocenters. The lowest BCUT2D eigenvalue weighted by Crippen LogP contribution is -2.48. The molecule has 0 radical (unpaired) electrons. The van der Waals surface area contributed by atoms with Gasteiger partial charge in [-0.1, -0.05) is 6.07 Å². The highest BCUT2D eigenvalue weighted by Gasteiger charge is 2.20. The number of carbonyl (C=O) groups is 2. The highest BCUT2D eigenvalue weighted by molar-refractivity contribution is 5.97. The van der Waals surface area contributed by atoms with Crippen molar-refractivity contribution in [1.29, 1.82) is 0 Å². The SMILES string of the molecule is CC(=O)N1CCN(c2ccc(NN(NC(=O)c3cncnc3)c3cccc4c3cnn4C)cc2)CC1. The first-order valence-corrected chi connectivity index (χ1v) is 11.6. The van der Waals surface area contributed by atoms with Crippen molar-refractivity contribution in [2.45, 2.75) is 6.92 Å². The number of hydrazine groups is 2. The van der Waals surface area contributed by atoms with Gasteiger partial charge in [0.05, 0.1) is 28.7 Å². The van der Waals surface area contributed by atoms with Crippen molar-refractivity contribution < 1.29 is 9.59 Å². The third-order valence-electron chi connectivity index (χ3n) is 6.24. The number of nitrogens with zero attached hydrogens (tertiary/aromatic N) is 7. The minimum atomic E-state index is -0.357. The first-order chi connectivity index (χ1) is 17.5. The van der Waals surface area contributed by atoms with Crippen LogP contribution in [-0.2, 0) is 11.8 Å². The van der Waals surface area contributed by atoms with E-state index in [4.69, 9.17) is 0 Å². The second-order valence-electron chi connectivity index (χ2n) is 8.53. The zero-order chi connectivity index (χ0) is 25.1. The molecule has 1 saturated heterocycles. The van der Waals surface area contributed by atoms with Gasteiger partial charge in [0.25, 0.3) is 5.91 Å². The summed E-state index contributed by atoms with van der Waals surface area (Å²) in [4.78, 5) is 36.6. The summed E-state index contributed by atoms with van der Waals surface area (Å²) in [7, 11) is 1.87. The Kier molecular flexibility index (Phi) is 6.35. The van der Waals surface area contributed by atoms with Crippen molar-refractivity contribution >= 4 is 39.8 Å². The Hall–Kier alpha value is -4.67. The molecule has 1 aliphatic heterocycles. The fourth-order valence-electron chi connectivity index (χ4n) is 4.24. The maximum atomic E-state index is 13.0. The van der Waals surface area contributed by atoms with E-state index in [0.717, 1.165) is 41.1 Å². The lowest BCUT2D eigenvalue weighted by Gasteiger charge is -2.35. The second kappa shape index (κ2) is 9.90. The summed E-state index contributed by atoms with van der Waals surface area (Å²) in [5, 5.41) is 6.82. The fraction of sp³-hybridized carbons (Fsp3) is 0.240. The van der Waals surface area contributed by atoms with Gasteiger partial charge in [-0.05, 0) is 36.4 Å². The first kappa shape index (κ1) is 23.1. The molecule has 0 saturated carbocycles. The third kappa shape index (κ3) is 4.76. The molecule has 184 valence electrons. The van der Waals surface area contributed by atoms with E-state index in [0.29, 0.717) is 18.7 Å². The van der Waals surface area contributed by atoms with Crippen molar-refractivity contribution in [2.75, 3.05) is 41.6 Å². The van der Waals surface area contributed by atoms with Gasteiger partial charge in [-0.3, -0.25) is 19.7 Å². The van der Waals surface area contributed by atoms with Gasteiger partial charge in [0.2, 0.25) is 5.91 Å². The number of rotatable bonds is 6. The molecule has 0 unspecified atom stereocenters. The second-order valence-corrected chi connectivity index (χ2v) is 8.53. The quantitative estimate of drug-likeness (QED) is 0.400. The van der Waals surface area contributed by atoms with Gasteiger partial charge in [-0.15, -0.1) is 0 Å². The topological polar surface area (TPSA) is 112 Å². The Labute approximate surface area is 208 Å². The summed E-state index contributed by atoms with van der Waals surface area (Å²) in [6, 6.07) is 13.8. The van der Waals surface area contributed by atoms with Crippen molar-refractivity contribution in [3.05, 3.63) is 72.9 Å². The maximum Gasteiger partial charge on any atom is 0.274 e. The predicted molar refractivity (Wildman–Crippen MR) is 137 cm³/mol. The summed E-state index contributed by atoms with van der Waals surface area (Å²) >= 11 is 0. The van der Waals surface area contributed by atoms with E-state index < -0.39 is 0 Å². The minimum Gasteiger partial charge on any atom is -0.368 e. The number of benzene rings is 2. The Balaban J connectivity index is 1.38. The monoisotopic (exact) mass is 485 g/mol. The van der Waals surface area contributed by atoms with Crippen LogP contribution in [0.3, 0.4) is 0 Å². The van der Waals surface area contributed by atoms with Gasteiger partial charge in [-0.25, -0.2) is 15.4 Å². The molecule has 0 bridgehead atoms. The smallest absolute Gasteiger partial charge is 0.274 e. The van der Waals surface area contributed by atoms with Crippen molar-refractivity contribution in [1.82, 2.24) is 30.1 Å². The van der Waals surface area contributed by atoms with E-state index in [-0.39, 0.29) is 11.8 Å². The largest absolute Gasteiger partial charge is 0.368 e. The van der Waals surface area contributed by atoms with Crippen LogP contribution in [0.2, 0.25) is 0 Å². The third-order valence-corrected chi connectivity index (χ3v) is 6.24. The maximum absolute atomic E-state index is 13.0. The molecule has 2 aromatic carbocycles. The average Bonchev–Trinajstić information content (AvgIpc) is 3.30. The van der Waals surface area contributed by atoms with Crippen LogP contribution in [0.25, 0.3) is 10.9 Å². The van der Waals surface area contributed by atoms with Crippen LogP contribution in [-0.4, -0.2) is 62.6 Å².